The molecule has 0 bridgehead atoms. The second kappa shape index (κ2) is 5.90. The summed E-state index contributed by atoms with van der Waals surface area (Å²) in [5, 5.41) is 4.19. The molecule has 0 saturated carbocycles. The molecule has 1 aromatic carbocycles. The molecule has 8 heteroatoms. The van der Waals surface area contributed by atoms with Crippen molar-refractivity contribution in [2.75, 3.05) is 7.11 Å². The van der Waals surface area contributed by atoms with Gasteiger partial charge in [-0.05, 0) is 30.2 Å². The maximum Gasteiger partial charge on any atom is 0.280 e. The second-order valence-electron chi connectivity index (χ2n) is 5.74. The molecule has 126 valence electrons. The highest BCUT2D eigenvalue weighted by atomic mass is 16.5. The summed E-state index contributed by atoms with van der Waals surface area (Å²) in [5.41, 5.74) is 2.57. The number of nitrogens with zero attached hydrogens (tertiary/aromatic N) is 5. The van der Waals surface area contributed by atoms with E-state index in [1.807, 2.05) is 35.8 Å². The Balaban J connectivity index is 1.76. The van der Waals surface area contributed by atoms with Gasteiger partial charge in [-0.25, -0.2) is 9.67 Å². The zero-order valence-electron chi connectivity index (χ0n) is 13.8. The van der Waals surface area contributed by atoms with Crippen molar-refractivity contribution in [3.63, 3.8) is 0 Å². The number of benzene rings is 1. The minimum absolute atomic E-state index is 0.290. The SMILES string of the molecule is COc1ccc(Cn2cnc3c(=O)[nH]c(-n4cc(C)cn4)nc32)cc1. The highest BCUT2D eigenvalue weighted by Crippen LogP contribution is 2.15. The summed E-state index contributed by atoms with van der Waals surface area (Å²) in [6.45, 7) is 2.47. The quantitative estimate of drug-likeness (QED) is 0.612. The molecule has 0 fully saturated rings. The van der Waals surface area contributed by atoms with E-state index in [-0.39, 0.29) is 5.56 Å². The molecule has 8 nitrogen and oxygen atoms in total. The Morgan fingerprint density at radius 2 is 2.04 bits per heavy atom. The van der Waals surface area contributed by atoms with Crippen molar-refractivity contribution in [1.82, 2.24) is 29.3 Å². The molecule has 0 atom stereocenters. The van der Waals surface area contributed by atoms with Crippen molar-refractivity contribution in [3.05, 3.63) is 64.5 Å². The van der Waals surface area contributed by atoms with Crippen molar-refractivity contribution < 1.29 is 4.74 Å². The molecule has 0 aliphatic carbocycles. The number of ether oxygens (including phenoxy) is 1. The molecular formula is C17H16N6O2. The van der Waals surface area contributed by atoms with Crippen LogP contribution < -0.4 is 10.3 Å². The zero-order valence-corrected chi connectivity index (χ0v) is 13.8. The van der Waals surface area contributed by atoms with Crippen molar-refractivity contribution in [2.24, 2.45) is 0 Å². The summed E-state index contributed by atoms with van der Waals surface area (Å²) in [6.07, 6.45) is 5.13. The van der Waals surface area contributed by atoms with Gasteiger partial charge in [-0.2, -0.15) is 10.1 Å². The van der Waals surface area contributed by atoms with Gasteiger partial charge >= 0.3 is 0 Å². The molecule has 0 aliphatic rings. The molecule has 25 heavy (non-hydrogen) atoms. The van der Waals surface area contributed by atoms with Gasteiger partial charge in [-0.15, -0.1) is 0 Å². The minimum atomic E-state index is -0.290. The molecule has 1 N–H and O–H groups in total. The van der Waals surface area contributed by atoms with Gasteiger partial charge < -0.3 is 9.30 Å². The number of H-pyrrole nitrogens is 1. The number of hydrogen-bond acceptors (Lipinski definition) is 5. The van der Waals surface area contributed by atoms with E-state index in [1.165, 1.54) is 0 Å². The number of aromatic amines is 1. The predicted molar refractivity (Wildman–Crippen MR) is 92.1 cm³/mol. The standard InChI is InChI=1S/C17H16N6O2/c1-11-7-19-23(8-11)17-20-15-14(16(24)21-17)18-10-22(15)9-12-3-5-13(25-2)6-4-12/h3-8,10H,9H2,1-2H3,(H,20,21,24). The predicted octanol–water partition coefficient (Wildman–Crippen LogP) is 1.67. The van der Waals surface area contributed by atoms with Crippen LogP contribution in [0.15, 0.2) is 47.8 Å². The van der Waals surface area contributed by atoms with Gasteiger partial charge in [0.2, 0.25) is 5.95 Å². The Bertz CT molecular complexity index is 1090. The van der Waals surface area contributed by atoms with E-state index in [9.17, 15) is 4.79 Å². The molecule has 0 radical (unpaired) electrons. The summed E-state index contributed by atoms with van der Waals surface area (Å²) < 4.78 is 8.55. The number of hydrogen-bond donors (Lipinski definition) is 1. The Hall–Kier alpha value is -3.42. The van der Waals surface area contributed by atoms with Gasteiger partial charge in [-0.3, -0.25) is 9.78 Å². The van der Waals surface area contributed by atoms with Gasteiger partial charge in [0.05, 0.1) is 26.2 Å². The Kier molecular flexibility index (Phi) is 3.57. The summed E-state index contributed by atoms with van der Waals surface area (Å²) in [5.74, 6) is 1.16. The van der Waals surface area contributed by atoms with Crippen LogP contribution in [0.25, 0.3) is 17.1 Å². The van der Waals surface area contributed by atoms with Crippen LogP contribution in [-0.2, 0) is 6.54 Å². The largest absolute Gasteiger partial charge is 0.497 e. The highest BCUT2D eigenvalue weighted by Gasteiger charge is 2.12. The third-order valence-electron chi connectivity index (χ3n) is 3.90. The van der Waals surface area contributed by atoms with Gasteiger partial charge in [0.25, 0.3) is 5.56 Å². The highest BCUT2D eigenvalue weighted by molar-refractivity contribution is 5.70. The van der Waals surface area contributed by atoms with E-state index in [0.717, 1.165) is 16.9 Å². The molecule has 4 aromatic rings. The van der Waals surface area contributed by atoms with Gasteiger partial charge in [0, 0.05) is 6.20 Å². The zero-order chi connectivity index (χ0) is 17.4. The lowest BCUT2D eigenvalue weighted by molar-refractivity contribution is 0.414. The topological polar surface area (TPSA) is 90.6 Å². The maximum atomic E-state index is 12.3. The first-order valence-electron chi connectivity index (χ1n) is 7.74. The van der Waals surface area contributed by atoms with Crippen LogP contribution >= 0.6 is 0 Å². The molecule has 3 aromatic heterocycles. The first-order chi connectivity index (χ1) is 12.1. The van der Waals surface area contributed by atoms with Gasteiger partial charge in [0.15, 0.2) is 11.2 Å². The Labute approximate surface area is 142 Å². The van der Waals surface area contributed by atoms with E-state index >= 15 is 0 Å². The fourth-order valence-electron chi connectivity index (χ4n) is 2.62. The smallest absolute Gasteiger partial charge is 0.280 e. The van der Waals surface area contributed by atoms with E-state index in [4.69, 9.17) is 4.74 Å². The van der Waals surface area contributed by atoms with Crippen molar-refractivity contribution >= 4 is 11.2 Å². The first-order valence-corrected chi connectivity index (χ1v) is 7.74. The van der Waals surface area contributed by atoms with Gasteiger partial charge in [0.1, 0.15) is 5.75 Å². The number of methoxy groups -OCH3 is 1. The van der Waals surface area contributed by atoms with E-state index < -0.39 is 0 Å². The average molecular weight is 336 g/mol. The summed E-state index contributed by atoms with van der Waals surface area (Å²) in [7, 11) is 1.63. The normalized spacial score (nSPS) is 11.1. The van der Waals surface area contributed by atoms with E-state index in [0.29, 0.717) is 23.7 Å². The molecule has 4 rings (SSSR count). The van der Waals surface area contributed by atoms with Gasteiger partial charge in [-0.1, -0.05) is 12.1 Å². The molecular weight excluding hydrogens is 320 g/mol. The van der Waals surface area contributed by atoms with Crippen LogP contribution in [0.4, 0.5) is 0 Å². The van der Waals surface area contributed by atoms with Crippen LogP contribution in [0.3, 0.4) is 0 Å². The fourth-order valence-corrected chi connectivity index (χ4v) is 2.62. The molecule has 0 saturated heterocycles. The Morgan fingerprint density at radius 1 is 1.24 bits per heavy atom. The number of aromatic nitrogens is 6. The Morgan fingerprint density at radius 3 is 2.72 bits per heavy atom. The average Bonchev–Trinajstić information content (AvgIpc) is 3.23. The molecule has 3 heterocycles. The van der Waals surface area contributed by atoms with Crippen molar-refractivity contribution in [3.8, 4) is 11.7 Å². The molecule has 0 amide bonds. The maximum absolute atomic E-state index is 12.3. The number of fused-ring (bicyclic) bond motifs is 1. The third-order valence-corrected chi connectivity index (χ3v) is 3.90. The van der Waals surface area contributed by atoms with Crippen molar-refractivity contribution in [2.45, 2.75) is 13.5 Å². The van der Waals surface area contributed by atoms with Crippen LogP contribution in [-0.4, -0.2) is 36.4 Å². The third kappa shape index (κ3) is 2.78. The summed E-state index contributed by atoms with van der Waals surface area (Å²) in [4.78, 5) is 23.7. The first kappa shape index (κ1) is 15.1. The lowest BCUT2D eigenvalue weighted by Gasteiger charge is -2.06. The summed E-state index contributed by atoms with van der Waals surface area (Å²) in [6, 6.07) is 7.73. The summed E-state index contributed by atoms with van der Waals surface area (Å²) >= 11 is 0. The van der Waals surface area contributed by atoms with E-state index in [2.05, 4.69) is 20.1 Å². The lowest BCUT2D eigenvalue weighted by Crippen LogP contribution is -2.15. The number of imidazole rings is 1. The molecule has 0 unspecified atom stereocenters. The lowest BCUT2D eigenvalue weighted by atomic mass is 10.2. The van der Waals surface area contributed by atoms with Crippen molar-refractivity contribution in [1.29, 1.82) is 0 Å². The fraction of sp³-hybridized carbons (Fsp3) is 0.176. The second-order valence-corrected chi connectivity index (χ2v) is 5.74. The monoisotopic (exact) mass is 336 g/mol. The minimum Gasteiger partial charge on any atom is -0.497 e. The van der Waals surface area contributed by atoms with Crippen LogP contribution in [0, 0.1) is 6.92 Å². The van der Waals surface area contributed by atoms with Crippen LogP contribution in [0.5, 0.6) is 5.75 Å². The molecule has 0 spiro atoms. The van der Waals surface area contributed by atoms with E-state index in [1.54, 1.807) is 30.5 Å². The number of nitrogens with one attached hydrogen (secondary N) is 1. The number of rotatable bonds is 4. The number of aryl methyl sites for hydroxylation is 1. The van der Waals surface area contributed by atoms with Crippen LogP contribution in [0.1, 0.15) is 11.1 Å². The van der Waals surface area contributed by atoms with Crippen LogP contribution in [0.2, 0.25) is 0 Å². The molecule has 0 aliphatic heterocycles.